The largest absolute Gasteiger partial charge is 0.467 e. The molecule has 3 rings (SSSR count). The highest BCUT2D eigenvalue weighted by Gasteiger charge is 2.12. The number of oxazole rings is 1. The number of hydrogen-bond donors (Lipinski definition) is 0. The molecule has 3 aromatic rings. The summed E-state index contributed by atoms with van der Waals surface area (Å²) in [6.45, 7) is 0. The first kappa shape index (κ1) is 12.3. The molecule has 0 fully saturated rings. The molecule has 0 bridgehead atoms. The average molecular weight is 267 g/mol. The van der Waals surface area contributed by atoms with Crippen molar-refractivity contribution >= 4 is 0 Å². The lowest BCUT2D eigenvalue weighted by Gasteiger charge is -2.02. The third-order valence-electron chi connectivity index (χ3n) is 2.93. The molecule has 20 heavy (non-hydrogen) atoms. The van der Waals surface area contributed by atoms with Gasteiger partial charge in [-0.3, -0.25) is 0 Å². The molecule has 0 aliphatic heterocycles. The van der Waals surface area contributed by atoms with Gasteiger partial charge in [0.05, 0.1) is 18.4 Å². The first-order chi connectivity index (χ1) is 9.86. The lowest BCUT2D eigenvalue weighted by molar-refractivity contribution is 0.380. The molecule has 5 heteroatoms. The van der Waals surface area contributed by atoms with Gasteiger partial charge in [0.25, 0.3) is 0 Å². The first-order valence-electron chi connectivity index (χ1n) is 6.19. The van der Waals surface area contributed by atoms with E-state index in [1.54, 1.807) is 12.4 Å². The van der Waals surface area contributed by atoms with Gasteiger partial charge in [-0.25, -0.2) is 15.0 Å². The van der Waals surface area contributed by atoms with Crippen molar-refractivity contribution in [3.8, 4) is 17.3 Å². The standard InChI is InChI=1S/C15H13N3O2/c1-19-15-16-8-12(9-17-15)14-13(18-10-20-14)7-11-5-3-2-4-6-11/h2-6,8-10H,7H2,1H3. The molecular formula is C15H13N3O2. The molecule has 0 saturated carbocycles. The highest BCUT2D eigenvalue weighted by Crippen LogP contribution is 2.24. The van der Waals surface area contributed by atoms with Crippen molar-refractivity contribution in [3.63, 3.8) is 0 Å². The summed E-state index contributed by atoms with van der Waals surface area (Å²) in [7, 11) is 1.53. The van der Waals surface area contributed by atoms with Gasteiger partial charge >= 0.3 is 6.01 Å². The van der Waals surface area contributed by atoms with Crippen molar-refractivity contribution < 1.29 is 9.15 Å². The topological polar surface area (TPSA) is 61.0 Å². The molecule has 100 valence electrons. The van der Waals surface area contributed by atoms with Crippen LogP contribution < -0.4 is 4.74 Å². The lowest BCUT2D eigenvalue weighted by atomic mass is 10.1. The first-order valence-corrected chi connectivity index (χ1v) is 6.19. The third kappa shape index (κ3) is 2.51. The quantitative estimate of drug-likeness (QED) is 0.727. The minimum atomic E-state index is 0.331. The normalized spacial score (nSPS) is 10.4. The molecule has 0 aliphatic carbocycles. The molecule has 0 amide bonds. The van der Waals surface area contributed by atoms with E-state index < -0.39 is 0 Å². The molecule has 2 heterocycles. The Bertz CT molecular complexity index is 678. The van der Waals surface area contributed by atoms with E-state index in [1.165, 1.54) is 19.1 Å². The van der Waals surface area contributed by atoms with Crippen LogP contribution in [-0.4, -0.2) is 22.1 Å². The zero-order chi connectivity index (χ0) is 13.8. The van der Waals surface area contributed by atoms with E-state index in [1.807, 2.05) is 18.2 Å². The van der Waals surface area contributed by atoms with E-state index in [9.17, 15) is 0 Å². The number of benzene rings is 1. The summed E-state index contributed by atoms with van der Waals surface area (Å²) < 4.78 is 10.4. The second kappa shape index (κ2) is 5.52. The molecule has 0 spiro atoms. The van der Waals surface area contributed by atoms with Gasteiger partial charge in [0.1, 0.15) is 0 Å². The Labute approximate surface area is 116 Å². The van der Waals surface area contributed by atoms with Gasteiger partial charge < -0.3 is 9.15 Å². The summed E-state index contributed by atoms with van der Waals surface area (Å²) >= 11 is 0. The Balaban J connectivity index is 1.89. The van der Waals surface area contributed by atoms with Crippen LogP contribution in [0.1, 0.15) is 11.3 Å². The maximum absolute atomic E-state index is 5.46. The van der Waals surface area contributed by atoms with Gasteiger partial charge in [-0.15, -0.1) is 0 Å². The molecule has 2 aromatic heterocycles. The van der Waals surface area contributed by atoms with Crippen LogP contribution >= 0.6 is 0 Å². The fraction of sp³-hybridized carbons (Fsp3) is 0.133. The van der Waals surface area contributed by atoms with E-state index in [4.69, 9.17) is 9.15 Å². The zero-order valence-corrected chi connectivity index (χ0v) is 11.0. The molecule has 0 atom stereocenters. The van der Waals surface area contributed by atoms with Gasteiger partial charge in [-0.2, -0.15) is 0 Å². The lowest BCUT2D eigenvalue weighted by Crippen LogP contribution is -1.94. The van der Waals surface area contributed by atoms with Crippen LogP contribution in [0.15, 0.2) is 53.5 Å². The monoisotopic (exact) mass is 267 g/mol. The van der Waals surface area contributed by atoms with Crippen LogP contribution in [0, 0.1) is 0 Å². The Morgan fingerprint density at radius 1 is 1.05 bits per heavy atom. The van der Waals surface area contributed by atoms with Crippen LogP contribution in [0.3, 0.4) is 0 Å². The van der Waals surface area contributed by atoms with Crippen LogP contribution in [-0.2, 0) is 6.42 Å². The number of methoxy groups -OCH3 is 1. The summed E-state index contributed by atoms with van der Waals surface area (Å²) in [4.78, 5) is 12.4. The van der Waals surface area contributed by atoms with Gasteiger partial charge in [-0.05, 0) is 5.56 Å². The Morgan fingerprint density at radius 2 is 1.80 bits per heavy atom. The minimum Gasteiger partial charge on any atom is -0.467 e. The second-order valence-corrected chi connectivity index (χ2v) is 4.25. The van der Waals surface area contributed by atoms with Gasteiger partial charge in [-0.1, -0.05) is 30.3 Å². The molecule has 0 aliphatic rings. The Kier molecular flexibility index (Phi) is 3.41. The maximum Gasteiger partial charge on any atom is 0.316 e. The number of aromatic nitrogens is 3. The van der Waals surface area contributed by atoms with E-state index in [-0.39, 0.29) is 0 Å². The van der Waals surface area contributed by atoms with Crippen molar-refractivity contribution in [2.45, 2.75) is 6.42 Å². The summed E-state index contributed by atoms with van der Waals surface area (Å²) in [5.41, 5.74) is 2.83. The van der Waals surface area contributed by atoms with Crippen LogP contribution in [0.2, 0.25) is 0 Å². The van der Waals surface area contributed by atoms with Gasteiger partial charge in [0, 0.05) is 18.8 Å². The number of ether oxygens (including phenoxy) is 1. The van der Waals surface area contributed by atoms with Crippen molar-refractivity contribution in [1.29, 1.82) is 0 Å². The summed E-state index contributed by atoms with van der Waals surface area (Å²) in [5.74, 6) is 0.691. The van der Waals surface area contributed by atoms with E-state index >= 15 is 0 Å². The Hall–Kier alpha value is -2.69. The average Bonchev–Trinajstić information content (AvgIpc) is 2.96. The van der Waals surface area contributed by atoms with E-state index in [0.717, 1.165) is 11.3 Å². The fourth-order valence-electron chi connectivity index (χ4n) is 1.96. The van der Waals surface area contributed by atoms with Crippen molar-refractivity contribution in [1.82, 2.24) is 15.0 Å². The second-order valence-electron chi connectivity index (χ2n) is 4.25. The fourth-order valence-corrected chi connectivity index (χ4v) is 1.96. The summed E-state index contributed by atoms with van der Waals surface area (Å²) in [6.07, 6.45) is 5.48. The zero-order valence-electron chi connectivity index (χ0n) is 11.0. The summed E-state index contributed by atoms with van der Waals surface area (Å²) in [5, 5.41) is 0. The molecule has 1 aromatic carbocycles. The van der Waals surface area contributed by atoms with Crippen LogP contribution in [0.25, 0.3) is 11.3 Å². The van der Waals surface area contributed by atoms with Gasteiger partial charge in [0.2, 0.25) is 0 Å². The minimum absolute atomic E-state index is 0.331. The predicted molar refractivity (Wildman–Crippen MR) is 73.3 cm³/mol. The van der Waals surface area contributed by atoms with Gasteiger partial charge in [0.15, 0.2) is 12.2 Å². The number of hydrogen-bond acceptors (Lipinski definition) is 5. The third-order valence-corrected chi connectivity index (χ3v) is 2.93. The van der Waals surface area contributed by atoms with E-state index in [2.05, 4.69) is 27.1 Å². The molecule has 5 nitrogen and oxygen atoms in total. The van der Waals surface area contributed by atoms with Crippen LogP contribution in [0.5, 0.6) is 6.01 Å². The summed E-state index contributed by atoms with van der Waals surface area (Å²) in [6, 6.07) is 10.5. The molecule has 0 radical (unpaired) electrons. The molecular weight excluding hydrogens is 254 g/mol. The highest BCUT2D eigenvalue weighted by atomic mass is 16.5. The number of nitrogens with zero attached hydrogens (tertiary/aromatic N) is 3. The Morgan fingerprint density at radius 3 is 2.50 bits per heavy atom. The van der Waals surface area contributed by atoms with Crippen molar-refractivity contribution in [2.75, 3.05) is 7.11 Å². The maximum atomic E-state index is 5.46. The van der Waals surface area contributed by atoms with E-state index in [0.29, 0.717) is 18.2 Å². The van der Waals surface area contributed by atoms with Crippen molar-refractivity contribution in [3.05, 3.63) is 60.4 Å². The molecule has 0 saturated heterocycles. The smallest absolute Gasteiger partial charge is 0.316 e. The molecule has 0 unspecified atom stereocenters. The SMILES string of the molecule is COc1ncc(-c2ocnc2Cc2ccccc2)cn1. The predicted octanol–water partition coefficient (Wildman–Crippen LogP) is 2.73. The van der Waals surface area contributed by atoms with Crippen molar-refractivity contribution in [2.24, 2.45) is 0 Å². The van der Waals surface area contributed by atoms with Crippen LogP contribution in [0.4, 0.5) is 0 Å². The molecule has 0 N–H and O–H groups in total. The number of rotatable bonds is 4. The highest BCUT2D eigenvalue weighted by molar-refractivity contribution is 5.58.